The number of rotatable bonds is 2. The van der Waals surface area contributed by atoms with Gasteiger partial charge in [-0.15, -0.1) is 12.4 Å². The van der Waals surface area contributed by atoms with Gasteiger partial charge in [0.2, 0.25) is 5.91 Å². The molecule has 0 bridgehead atoms. The summed E-state index contributed by atoms with van der Waals surface area (Å²) in [5, 5.41) is 0. The van der Waals surface area contributed by atoms with Crippen LogP contribution < -0.4 is 5.73 Å². The van der Waals surface area contributed by atoms with Crippen LogP contribution in [0.15, 0.2) is 24.3 Å². The molecule has 1 amide bonds. The number of hydrogen-bond donors (Lipinski definition) is 1. The molecule has 2 aliphatic carbocycles. The van der Waals surface area contributed by atoms with E-state index in [1.807, 2.05) is 0 Å². The van der Waals surface area contributed by atoms with Crippen molar-refractivity contribution in [1.82, 2.24) is 4.90 Å². The lowest BCUT2D eigenvalue weighted by Crippen LogP contribution is -2.48. The van der Waals surface area contributed by atoms with Gasteiger partial charge in [-0.2, -0.15) is 0 Å². The van der Waals surface area contributed by atoms with E-state index in [2.05, 4.69) is 36.1 Å². The third-order valence-electron chi connectivity index (χ3n) is 6.89. The second kappa shape index (κ2) is 7.28. The largest absolute Gasteiger partial charge is 0.341 e. The summed E-state index contributed by atoms with van der Waals surface area (Å²) in [5.41, 5.74) is 8.50. The van der Waals surface area contributed by atoms with Crippen LogP contribution in [-0.4, -0.2) is 29.9 Å². The van der Waals surface area contributed by atoms with E-state index in [0.29, 0.717) is 23.8 Å². The third kappa shape index (κ3) is 3.21. The summed E-state index contributed by atoms with van der Waals surface area (Å²) in [6.07, 6.45) is 7.95. The molecule has 138 valence electrons. The summed E-state index contributed by atoms with van der Waals surface area (Å²) in [4.78, 5) is 15.8. The highest BCUT2D eigenvalue weighted by Gasteiger charge is 2.49. The number of aryl methyl sites for hydroxylation is 1. The SMILES string of the molecule is Cc1cccc(C2(C(=O)N3CC4CCC(N)C4C3)CCCCC2)c1.Cl. The zero-order valence-corrected chi connectivity index (χ0v) is 16.1. The minimum atomic E-state index is -0.285. The van der Waals surface area contributed by atoms with Crippen molar-refractivity contribution >= 4 is 18.3 Å². The second-order valence-electron chi connectivity index (χ2n) is 8.39. The maximum atomic E-state index is 13.7. The maximum Gasteiger partial charge on any atom is 0.233 e. The number of fused-ring (bicyclic) bond motifs is 1. The van der Waals surface area contributed by atoms with Crippen molar-refractivity contribution in [1.29, 1.82) is 0 Å². The number of halogens is 1. The fraction of sp³-hybridized carbons (Fsp3) is 0.667. The summed E-state index contributed by atoms with van der Waals surface area (Å²) in [6.45, 7) is 3.95. The average Bonchev–Trinajstić information content (AvgIpc) is 3.17. The fourth-order valence-electron chi connectivity index (χ4n) is 5.50. The number of nitrogens with zero attached hydrogens (tertiary/aromatic N) is 1. The van der Waals surface area contributed by atoms with E-state index >= 15 is 0 Å². The Labute approximate surface area is 157 Å². The lowest BCUT2D eigenvalue weighted by Gasteiger charge is -2.39. The normalized spacial score (nSPS) is 30.6. The van der Waals surface area contributed by atoms with Crippen molar-refractivity contribution in [3.63, 3.8) is 0 Å². The van der Waals surface area contributed by atoms with E-state index in [4.69, 9.17) is 5.73 Å². The molecular formula is C21H31ClN2O. The lowest BCUT2D eigenvalue weighted by molar-refractivity contribution is -0.138. The van der Waals surface area contributed by atoms with E-state index in [-0.39, 0.29) is 17.8 Å². The summed E-state index contributed by atoms with van der Waals surface area (Å²) < 4.78 is 0. The molecule has 3 unspecified atom stereocenters. The Bertz CT molecular complexity index is 626. The highest BCUT2D eigenvalue weighted by atomic mass is 35.5. The Morgan fingerprint density at radius 2 is 1.92 bits per heavy atom. The Kier molecular flexibility index (Phi) is 5.45. The van der Waals surface area contributed by atoms with Gasteiger partial charge in [0.05, 0.1) is 5.41 Å². The van der Waals surface area contributed by atoms with Gasteiger partial charge in [0, 0.05) is 19.1 Å². The number of likely N-dealkylation sites (tertiary alicyclic amines) is 1. The number of nitrogens with two attached hydrogens (primary N) is 1. The average molecular weight is 363 g/mol. The van der Waals surface area contributed by atoms with Crippen molar-refractivity contribution in [3.05, 3.63) is 35.4 Å². The molecule has 1 aromatic carbocycles. The van der Waals surface area contributed by atoms with E-state index in [1.165, 1.54) is 36.8 Å². The molecule has 4 rings (SSSR count). The van der Waals surface area contributed by atoms with Crippen LogP contribution in [-0.2, 0) is 10.2 Å². The van der Waals surface area contributed by atoms with Gasteiger partial charge in [-0.1, -0.05) is 49.1 Å². The van der Waals surface area contributed by atoms with Gasteiger partial charge < -0.3 is 10.6 Å². The Morgan fingerprint density at radius 1 is 1.16 bits per heavy atom. The summed E-state index contributed by atoms with van der Waals surface area (Å²) in [7, 11) is 0. The number of carbonyl (C=O) groups is 1. The molecule has 0 spiro atoms. The first-order chi connectivity index (χ1) is 11.6. The molecule has 2 saturated carbocycles. The quantitative estimate of drug-likeness (QED) is 0.869. The van der Waals surface area contributed by atoms with Gasteiger partial charge in [0.15, 0.2) is 0 Å². The molecule has 3 aliphatic rings. The first kappa shape index (κ1) is 18.7. The number of benzene rings is 1. The number of amides is 1. The first-order valence-corrected chi connectivity index (χ1v) is 9.72. The topological polar surface area (TPSA) is 46.3 Å². The van der Waals surface area contributed by atoms with Crippen LogP contribution in [0.5, 0.6) is 0 Å². The molecule has 3 atom stereocenters. The zero-order chi connectivity index (χ0) is 16.7. The predicted molar refractivity (Wildman–Crippen MR) is 104 cm³/mol. The van der Waals surface area contributed by atoms with Crippen molar-refractivity contribution in [2.75, 3.05) is 13.1 Å². The van der Waals surface area contributed by atoms with Crippen LogP contribution in [0.3, 0.4) is 0 Å². The first-order valence-electron chi connectivity index (χ1n) is 9.72. The minimum absolute atomic E-state index is 0. The van der Waals surface area contributed by atoms with Crippen LogP contribution in [0.4, 0.5) is 0 Å². The Morgan fingerprint density at radius 3 is 2.60 bits per heavy atom. The summed E-state index contributed by atoms with van der Waals surface area (Å²) in [6, 6.07) is 8.96. The van der Waals surface area contributed by atoms with Crippen molar-refractivity contribution in [2.24, 2.45) is 17.6 Å². The van der Waals surface area contributed by atoms with Crippen LogP contribution in [0.1, 0.15) is 56.1 Å². The fourth-order valence-corrected chi connectivity index (χ4v) is 5.50. The van der Waals surface area contributed by atoms with E-state index in [0.717, 1.165) is 32.4 Å². The van der Waals surface area contributed by atoms with E-state index in [9.17, 15) is 4.79 Å². The van der Waals surface area contributed by atoms with Crippen LogP contribution in [0.25, 0.3) is 0 Å². The minimum Gasteiger partial charge on any atom is -0.341 e. The number of carbonyl (C=O) groups excluding carboxylic acids is 1. The molecule has 25 heavy (non-hydrogen) atoms. The van der Waals surface area contributed by atoms with Crippen molar-refractivity contribution in [3.8, 4) is 0 Å². The van der Waals surface area contributed by atoms with Gasteiger partial charge in [0.25, 0.3) is 0 Å². The Hall–Kier alpha value is -1.06. The third-order valence-corrected chi connectivity index (χ3v) is 6.89. The standard InChI is InChI=1S/C21H30N2O.ClH/c1-15-6-5-7-17(12-15)21(10-3-2-4-11-21)20(24)23-13-16-8-9-19(22)18(16)14-23;/h5-7,12,16,18-19H,2-4,8-11,13-14,22H2,1H3;1H. The maximum absolute atomic E-state index is 13.7. The van der Waals surface area contributed by atoms with E-state index < -0.39 is 0 Å². The highest BCUT2D eigenvalue weighted by molar-refractivity contribution is 5.88. The Balaban J connectivity index is 0.00000182. The van der Waals surface area contributed by atoms with Crippen molar-refractivity contribution < 1.29 is 4.79 Å². The van der Waals surface area contributed by atoms with Gasteiger partial charge in [-0.25, -0.2) is 0 Å². The summed E-state index contributed by atoms with van der Waals surface area (Å²) in [5.74, 6) is 1.56. The summed E-state index contributed by atoms with van der Waals surface area (Å²) >= 11 is 0. The molecule has 1 aromatic rings. The molecular weight excluding hydrogens is 332 g/mol. The molecule has 0 radical (unpaired) electrons. The molecule has 0 aromatic heterocycles. The molecule has 4 heteroatoms. The molecule has 1 heterocycles. The molecule has 3 nitrogen and oxygen atoms in total. The van der Waals surface area contributed by atoms with Gasteiger partial charge in [0.1, 0.15) is 0 Å². The van der Waals surface area contributed by atoms with E-state index in [1.54, 1.807) is 0 Å². The van der Waals surface area contributed by atoms with Crippen molar-refractivity contribution in [2.45, 2.75) is 63.3 Å². The smallest absolute Gasteiger partial charge is 0.233 e. The number of hydrogen-bond acceptors (Lipinski definition) is 2. The van der Waals surface area contributed by atoms with Crippen LogP contribution >= 0.6 is 12.4 Å². The monoisotopic (exact) mass is 362 g/mol. The lowest BCUT2D eigenvalue weighted by atomic mass is 9.68. The zero-order valence-electron chi connectivity index (χ0n) is 15.2. The van der Waals surface area contributed by atoms with Crippen LogP contribution in [0.2, 0.25) is 0 Å². The van der Waals surface area contributed by atoms with Gasteiger partial charge in [-0.05, 0) is 50.0 Å². The van der Waals surface area contributed by atoms with Gasteiger partial charge in [-0.3, -0.25) is 4.79 Å². The highest BCUT2D eigenvalue weighted by Crippen LogP contribution is 2.44. The van der Waals surface area contributed by atoms with Gasteiger partial charge >= 0.3 is 0 Å². The molecule has 3 fully saturated rings. The molecule has 1 aliphatic heterocycles. The van der Waals surface area contributed by atoms with Crippen LogP contribution in [0, 0.1) is 18.8 Å². The molecule has 2 N–H and O–H groups in total. The predicted octanol–water partition coefficient (Wildman–Crippen LogP) is 3.81. The molecule has 1 saturated heterocycles. The second-order valence-corrected chi connectivity index (χ2v) is 8.39.